The van der Waals surface area contributed by atoms with Gasteiger partial charge in [0.05, 0.1) is 0 Å². The van der Waals surface area contributed by atoms with Crippen LogP contribution in [0.2, 0.25) is 0 Å². The zero-order valence-corrected chi connectivity index (χ0v) is 47.9. The summed E-state index contributed by atoms with van der Waals surface area (Å²) >= 11 is 0. The van der Waals surface area contributed by atoms with Crippen LogP contribution in [-0.4, -0.2) is 0 Å². The van der Waals surface area contributed by atoms with Crippen molar-refractivity contribution in [1.29, 1.82) is 0 Å². The van der Waals surface area contributed by atoms with Gasteiger partial charge in [0.1, 0.15) is 0 Å². The van der Waals surface area contributed by atoms with Crippen LogP contribution in [0.3, 0.4) is 0 Å². The first-order chi connectivity index (χ1) is 39.4. The highest BCUT2D eigenvalue weighted by Gasteiger charge is 2.18. The van der Waals surface area contributed by atoms with Crippen molar-refractivity contribution < 1.29 is 0 Å². The second kappa shape index (κ2) is 27.6. The summed E-state index contributed by atoms with van der Waals surface area (Å²) in [4.78, 5) is 4.75. The maximum Gasteiger partial charge on any atom is 0.0462 e. The summed E-state index contributed by atoms with van der Waals surface area (Å²) in [5.41, 5.74) is 24.9. The van der Waals surface area contributed by atoms with Crippen molar-refractivity contribution in [2.24, 2.45) is 0 Å². The number of aryl methyl sites for hydroxylation is 4. The van der Waals surface area contributed by atoms with E-state index < -0.39 is 0 Å². The van der Waals surface area contributed by atoms with E-state index >= 15 is 0 Å². The molecule has 10 aromatic carbocycles. The molecule has 0 heterocycles. The Kier molecular flexibility index (Phi) is 19.0. The highest BCUT2D eigenvalue weighted by atomic mass is 15.1. The Bertz CT molecular complexity index is 3230. The summed E-state index contributed by atoms with van der Waals surface area (Å²) in [5, 5.41) is 0. The average Bonchev–Trinajstić information content (AvgIpc) is 3.61. The molecule has 0 radical (unpaired) electrons. The minimum atomic E-state index is 1.07. The number of benzene rings is 10. The molecular weight excluding hydrogens is 965 g/mol. The van der Waals surface area contributed by atoms with Crippen molar-refractivity contribution in [2.75, 3.05) is 9.80 Å². The van der Waals surface area contributed by atoms with Gasteiger partial charge in [-0.2, -0.15) is 0 Å². The third-order valence-corrected chi connectivity index (χ3v) is 16.1. The lowest BCUT2D eigenvalue weighted by atomic mass is 9.87. The smallest absolute Gasteiger partial charge is 0.0462 e. The van der Waals surface area contributed by atoms with Gasteiger partial charge in [0, 0.05) is 34.1 Å². The number of hydrogen-bond acceptors (Lipinski definition) is 2. The zero-order valence-electron chi connectivity index (χ0n) is 47.9. The van der Waals surface area contributed by atoms with E-state index in [2.05, 4.69) is 280 Å². The minimum absolute atomic E-state index is 1.07. The predicted molar refractivity (Wildman–Crippen MR) is 347 cm³/mol. The van der Waals surface area contributed by atoms with Crippen molar-refractivity contribution >= 4 is 34.1 Å². The third kappa shape index (κ3) is 14.0. The van der Waals surface area contributed by atoms with Crippen LogP contribution in [0, 0.1) is 13.8 Å². The first-order valence-electron chi connectivity index (χ1n) is 29.9. The average molecular weight is 1050 g/mol. The SMILES string of the molecule is CCCCCCCCc1cc(-c2ccc(N(c3ccc(C)cc3)c3ccc(-c4ccccc4)cc3)cc2)ccc1-c1ccc(-c2ccc(N(c3ccc(C)cc3)c3ccc(-c4ccccc4)cc3)cc2)cc1CCCCCCCC. The fourth-order valence-electron chi connectivity index (χ4n) is 11.4. The maximum absolute atomic E-state index is 2.52. The molecule has 0 amide bonds. The summed E-state index contributed by atoms with van der Waals surface area (Å²) < 4.78 is 0. The molecule has 0 saturated heterocycles. The lowest BCUT2D eigenvalue weighted by Gasteiger charge is -2.26. The number of anilines is 6. The lowest BCUT2D eigenvalue weighted by molar-refractivity contribution is 0.607. The van der Waals surface area contributed by atoms with Gasteiger partial charge in [0.25, 0.3) is 0 Å². The molecule has 0 fully saturated rings. The van der Waals surface area contributed by atoms with Crippen molar-refractivity contribution in [1.82, 2.24) is 0 Å². The fourth-order valence-corrected chi connectivity index (χ4v) is 11.4. The largest absolute Gasteiger partial charge is 0.311 e. The van der Waals surface area contributed by atoms with Crippen LogP contribution in [0.4, 0.5) is 34.1 Å². The third-order valence-electron chi connectivity index (χ3n) is 16.1. The lowest BCUT2D eigenvalue weighted by Crippen LogP contribution is -2.09. The van der Waals surface area contributed by atoms with Crippen LogP contribution in [0.1, 0.15) is 113 Å². The summed E-state index contributed by atoms with van der Waals surface area (Å²) in [5.74, 6) is 0. The molecule has 0 spiro atoms. The second-order valence-electron chi connectivity index (χ2n) is 22.0. The Morgan fingerprint density at radius 1 is 0.237 bits per heavy atom. The van der Waals surface area contributed by atoms with Gasteiger partial charge in [-0.3, -0.25) is 0 Å². The highest BCUT2D eigenvalue weighted by molar-refractivity contribution is 5.84. The maximum atomic E-state index is 2.52. The van der Waals surface area contributed by atoms with Crippen LogP contribution in [-0.2, 0) is 12.8 Å². The predicted octanol–water partition coefficient (Wildman–Crippen LogP) is 23.4. The molecule has 10 aromatic rings. The molecule has 0 aliphatic carbocycles. The van der Waals surface area contributed by atoms with E-state index in [0.717, 1.165) is 47.0 Å². The standard InChI is InChI=1S/C78H80N2/c1-5-7-9-11-13-17-27-69-57-67(65-37-51-75(52-38-65)79(71-43-29-59(3)30-44-71)73-47-33-63(34-48-73)61-23-19-15-20-24-61)41-55-77(69)78-56-42-68(58-70(78)28-18-14-12-10-8-6-2)66-39-53-76(54-40-66)80(72-45-31-60(4)32-46-72)74-49-35-64(36-50-74)62-25-21-16-22-26-62/h15-16,19-26,29-58H,5-14,17-18,27-28H2,1-4H3. The topological polar surface area (TPSA) is 6.48 Å². The molecule has 0 bridgehead atoms. The van der Waals surface area contributed by atoms with Crippen molar-refractivity contribution in [3.05, 3.63) is 265 Å². The van der Waals surface area contributed by atoms with Crippen LogP contribution in [0.5, 0.6) is 0 Å². The molecule has 0 atom stereocenters. The second-order valence-corrected chi connectivity index (χ2v) is 22.0. The summed E-state index contributed by atoms with van der Waals surface area (Å²) in [6.45, 7) is 8.93. The van der Waals surface area contributed by atoms with Crippen LogP contribution in [0.25, 0.3) is 55.6 Å². The summed E-state index contributed by atoms with van der Waals surface area (Å²) in [7, 11) is 0. The summed E-state index contributed by atoms with van der Waals surface area (Å²) in [6, 6.07) is 90.2. The van der Waals surface area contributed by atoms with Crippen LogP contribution < -0.4 is 9.80 Å². The molecular formula is C78H80N2. The molecule has 0 aromatic heterocycles. The van der Waals surface area contributed by atoms with Crippen LogP contribution >= 0.6 is 0 Å². The zero-order chi connectivity index (χ0) is 54.9. The van der Waals surface area contributed by atoms with Gasteiger partial charge >= 0.3 is 0 Å². The molecule has 80 heavy (non-hydrogen) atoms. The molecule has 402 valence electrons. The molecule has 0 unspecified atom stereocenters. The van der Waals surface area contributed by atoms with E-state index in [1.807, 2.05) is 0 Å². The highest BCUT2D eigenvalue weighted by Crippen LogP contribution is 2.41. The van der Waals surface area contributed by atoms with Gasteiger partial charge < -0.3 is 9.80 Å². The van der Waals surface area contributed by atoms with Crippen molar-refractivity contribution in [3.63, 3.8) is 0 Å². The number of rotatable bonds is 25. The van der Waals surface area contributed by atoms with E-state index in [0.29, 0.717) is 0 Å². The molecule has 0 saturated carbocycles. The van der Waals surface area contributed by atoms with E-state index in [1.54, 1.807) is 0 Å². The van der Waals surface area contributed by atoms with E-state index in [-0.39, 0.29) is 0 Å². The summed E-state index contributed by atoms with van der Waals surface area (Å²) in [6.07, 6.45) is 17.5. The van der Waals surface area contributed by atoms with Gasteiger partial charge in [0.2, 0.25) is 0 Å². The van der Waals surface area contributed by atoms with Crippen LogP contribution in [0.15, 0.2) is 243 Å². The van der Waals surface area contributed by atoms with E-state index in [9.17, 15) is 0 Å². The Morgan fingerprint density at radius 3 is 0.800 bits per heavy atom. The Morgan fingerprint density at radius 2 is 0.487 bits per heavy atom. The number of hydrogen-bond donors (Lipinski definition) is 0. The van der Waals surface area contributed by atoms with Gasteiger partial charge in [-0.15, -0.1) is 0 Å². The molecule has 10 rings (SSSR count). The minimum Gasteiger partial charge on any atom is -0.311 e. The molecule has 2 nitrogen and oxygen atoms in total. The number of unbranched alkanes of at least 4 members (excludes halogenated alkanes) is 10. The van der Waals surface area contributed by atoms with Gasteiger partial charge in [-0.1, -0.05) is 259 Å². The van der Waals surface area contributed by atoms with Gasteiger partial charge in [0.15, 0.2) is 0 Å². The van der Waals surface area contributed by atoms with Crippen molar-refractivity contribution in [2.45, 2.75) is 118 Å². The number of nitrogens with zero attached hydrogens (tertiary/aromatic N) is 2. The van der Waals surface area contributed by atoms with E-state index in [1.165, 1.54) is 155 Å². The quantitative estimate of drug-likeness (QED) is 0.0526. The Hall–Kier alpha value is -8.20. The fraction of sp³-hybridized carbons (Fsp3) is 0.231. The van der Waals surface area contributed by atoms with Crippen molar-refractivity contribution in [3.8, 4) is 55.6 Å². The molecule has 0 aliphatic heterocycles. The first kappa shape index (κ1) is 55.1. The van der Waals surface area contributed by atoms with E-state index in [4.69, 9.17) is 0 Å². The van der Waals surface area contributed by atoms with Gasteiger partial charge in [-0.05, 0) is 179 Å². The molecule has 0 N–H and O–H groups in total. The van der Waals surface area contributed by atoms with Gasteiger partial charge in [-0.25, -0.2) is 0 Å². The normalized spacial score (nSPS) is 11.2. The Labute approximate surface area is 479 Å². The molecule has 2 heteroatoms. The first-order valence-corrected chi connectivity index (χ1v) is 29.9. The monoisotopic (exact) mass is 1040 g/mol. The molecule has 0 aliphatic rings. The Balaban J connectivity index is 0.965.